The van der Waals surface area contributed by atoms with Gasteiger partial charge in [-0.15, -0.1) is 0 Å². The van der Waals surface area contributed by atoms with Gasteiger partial charge in [0.25, 0.3) is 0 Å². The molecule has 0 aromatic heterocycles. The van der Waals surface area contributed by atoms with Crippen LogP contribution < -0.4 is 51.4 Å². The first-order valence-electron chi connectivity index (χ1n) is 5.44. The number of hydrogen-bond donors (Lipinski definition) is 0. The first-order valence-corrected chi connectivity index (χ1v) is 5.44. The molecule has 1 saturated carbocycles. The zero-order valence-corrected chi connectivity index (χ0v) is 14.5. The fourth-order valence-electron chi connectivity index (χ4n) is 0.898. The Morgan fingerprint density at radius 2 is 0.636 bits per heavy atom. The summed E-state index contributed by atoms with van der Waals surface area (Å²) >= 11 is 0. The molecule has 1 rings (SSSR count). The van der Waals surface area contributed by atoms with E-state index in [-0.39, 0.29) is 51.4 Å². The van der Waals surface area contributed by atoms with E-state index in [1.165, 1.54) is 32.1 Å². The summed E-state index contributed by atoms with van der Waals surface area (Å²) in [4.78, 5) is 0. The van der Waals surface area contributed by atoms with E-state index in [1.54, 1.807) is 0 Å². The van der Waals surface area contributed by atoms with E-state index in [4.69, 9.17) is 0 Å². The molecule has 16 heteroatoms. The molecular formula is C6H11B3F12K-3. The van der Waals surface area contributed by atoms with E-state index in [2.05, 4.69) is 6.42 Å². The molecule has 1 aliphatic carbocycles. The molecule has 0 bridgehead atoms. The largest absolute Gasteiger partial charge is 1.00 e. The topological polar surface area (TPSA) is 0 Å². The zero-order chi connectivity index (χ0) is 17.7. The molecule has 0 N–H and O–H groups in total. The van der Waals surface area contributed by atoms with Gasteiger partial charge in [0.1, 0.15) is 0 Å². The van der Waals surface area contributed by atoms with Crippen molar-refractivity contribution in [2.45, 2.75) is 32.1 Å². The number of halogens is 12. The molecule has 0 spiro atoms. The van der Waals surface area contributed by atoms with Crippen LogP contribution in [0.4, 0.5) is 51.8 Å². The van der Waals surface area contributed by atoms with Crippen molar-refractivity contribution < 1.29 is 103 Å². The minimum absolute atomic E-state index is 0. The van der Waals surface area contributed by atoms with E-state index in [0.29, 0.717) is 0 Å². The van der Waals surface area contributed by atoms with E-state index in [9.17, 15) is 51.8 Å². The summed E-state index contributed by atoms with van der Waals surface area (Å²) in [6, 6.07) is 0. The molecular weight excluding hydrogens is 372 g/mol. The molecule has 0 nitrogen and oxygen atoms in total. The number of hydrogen-bond acceptors (Lipinski definition) is 0. The van der Waals surface area contributed by atoms with E-state index in [0.717, 1.165) is 0 Å². The van der Waals surface area contributed by atoms with Gasteiger partial charge in [-0.05, 0) is 0 Å². The number of rotatable bonds is 0. The van der Waals surface area contributed by atoms with Crippen LogP contribution in [0.3, 0.4) is 0 Å². The van der Waals surface area contributed by atoms with Gasteiger partial charge in [-0.25, -0.2) is 0 Å². The predicted octanol–water partition coefficient (Wildman–Crippen LogP) is 3.06. The molecule has 22 heavy (non-hydrogen) atoms. The Kier molecular flexibility index (Phi) is 21.7. The van der Waals surface area contributed by atoms with Gasteiger partial charge < -0.3 is 58.2 Å². The third-order valence-corrected chi connectivity index (χ3v) is 1.32. The normalized spacial score (nSPS) is 14.7. The molecule has 132 valence electrons. The fourth-order valence-corrected chi connectivity index (χ4v) is 0.898. The summed E-state index contributed by atoms with van der Waals surface area (Å²) in [5.41, 5.74) is 0. The van der Waals surface area contributed by atoms with Gasteiger partial charge in [0.15, 0.2) is 0 Å². The first-order chi connectivity index (χ1) is 9.00. The van der Waals surface area contributed by atoms with Gasteiger partial charge in [-0.3, -0.25) is 0 Å². The summed E-state index contributed by atoms with van der Waals surface area (Å²) in [6.07, 6.45) is 9.50. The third-order valence-electron chi connectivity index (χ3n) is 1.32. The summed E-state index contributed by atoms with van der Waals surface area (Å²) in [5, 5.41) is 0. The predicted molar refractivity (Wildman–Crippen MR) is 57.9 cm³/mol. The summed E-state index contributed by atoms with van der Waals surface area (Å²) in [6.45, 7) is 0. The van der Waals surface area contributed by atoms with Gasteiger partial charge >= 0.3 is 73.1 Å². The third kappa shape index (κ3) is 172. The average Bonchev–Trinajstić information content (AvgIpc) is 2.12. The van der Waals surface area contributed by atoms with Crippen LogP contribution in [0.2, 0.25) is 0 Å². The maximum absolute atomic E-state index is 9.75. The second-order valence-electron chi connectivity index (χ2n) is 3.41. The average molecular weight is 383 g/mol. The fraction of sp³-hybridized carbons (Fsp3) is 0.833. The standard InChI is InChI=1S/C6H11.3BF4.K/c1-2-4-6-5-3-1;3*2-1(3,4)5;/h1H,2-6H2;;;;/q4*-1;+1. The van der Waals surface area contributed by atoms with Crippen LogP contribution in [0.1, 0.15) is 32.1 Å². The van der Waals surface area contributed by atoms with Crippen LogP contribution in [0, 0.1) is 6.42 Å². The van der Waals surface area contributed by atoms with Crippen LogP contribution >= 0.6 is 0 Å². The Balaban J connectivity index is -0.0000000973. The maximum Gasteiger partial charge on any atom is 1.00 e. The summed E-state index contributed by atoms with van der Waals surface area (Å²) < 4.78 is 117. The van der Waals surface area contributed by atoms with Crippen molar-refractivity contribution in [1.29, 1.82) is 0 Å². The van der Waals surface area contributed by atoms with Crippen molar-refractivity contribution in [2.24, 2.45) is 0 Å². The quantitative estimate of drug-likeness (QED) is 0.343. The Bertz CT molecular complexity index is 164. The van der Waals surface area contributed by atoms with Gasteiger partial charge in [-0.2, -0.15) is 12.8 Å². The van der Waals surface area contributed by atoms with Crippen LogP contribution in [0.15, 0.2) is 0 Å². The smallest absolute Gasteiger partial charge is 0.418 e. The van der Waals surface area contributed by atoms with Crippen molar-refractivity contribution >= 4 is 21.8 Å². The molecule has 0 aliphatic heterocycles. The molecule has 0 radical (unpaired) electrons. The van der Waals surface area contributed by atoms with Crippen molar-refractivity contribution in [3.63, 3.8) is 0 Å². The SMILES string of the molecule is F[B-](F)(F)F.F[B-](F)(F)F.F[B-](F)(F)F.[CH-]1CCCCC1.[K+]. The molecule has 1 aliphatic rings. The Hall–Kier alpha value is 0.991. The molecule has 0 unspecified atom stereocenters. The summed E-state index contributed by atoms with van der Waals surface area (Å²) in [7, 11) is -18.0. The molecule has 1 fully saturated rings. The minimum Gasteiger partial charge on any atom is -0.418 e. The van der Waals surface area contributed by atoms with Crippen LogP contribution in [0.25, 0.3) is 0 Å². The zero-order valence-electron chi connectivity index (χ0n) is 11.4. The first kappa shape index (κ1) is 30.8. The van der Waals surface area contributed by atoms with Gasteiger partial charge in [0.2, 0.25) is 0 Å². The van der Waals surface area contributed by atoms with Gasteiger partial charge in [0, 0.05) is 0 Å². The molecule has 0 heterocycles. The van der Waals surface area contributed by atoms with Crippen molar-refractivity contribution in [3.05, 3.63) is 6.42 Å². The monoisotopic (exact) mass is 383 g/mol. The molecule has 0 saturated heterocycles. The molecule has 0 aromatic carbocycles. The maximum atomic E-state index is 9.75. The van der Waals surface area contributed by atoms with Crippen LogP contribution in [-0.4, -0.2) is 21.8 Å². The van der Waals surface area contributed by atoms with Gasteiger partial charge in [-0.1, -0.05) is 19.3 Å². The second kappa shape index (κ2) is 15.5. The van der Waals surface area contributed by atoms with E-state index < -0.39 is 21.8 Å². The Morgan fingerprint density at radius 3 is 0.682 bits per heavy atom. The second-order valence-corrected chi connectivity index (χ2v) is 3.41. The van der Waals surface area contributed by atoms with Crippen LogP contribution in [0.5, 0.6) is 0 Å². The van der Waals surface area contributed by atoms with Crippen molar-refractivity contribution in [1.82, 2.24) is 0 Å². The van der Waals surface area contributed by atoms with Crippen molar-refractivity contribution in [3.8, 4) is 0 Å². The van der Waals surface area contributed by atoms with Crippen LogP contribution in [-0.2, 0) is 0 Å². The Morgan fingerprint density at radius 1 is 0.455 bits per heavy atom. The molecule has 0 amide bonds. The molecule has 0 aromatic rings. The molecule has 0 atom stereocenters. The van der Waals surface area contributed by atoms with Crippen molar-refractivity contribution in [2.75, 3.05) is 0 Å². The van der Waals surface area contributed by atoms with E-state index in [1.807, 2.05) is 0 Å². The minimum atomic E-state index is -6.00. The van der Waals surface area contributed by atoms with E-state index >= 15 is 0 Å². The Labute approximate surface area is 162 Å². The van der Waals surface area contributed by atoms with Gasteiger partial charge in [0.05, 0.1) is 0 Å². The summed E-state index contributed by atoms with van der Waals surface area (Å²) in [5.74, 6) is 0.